The zero-order valence-corrected chi connectivity index (χ0v) is 10.5. The molecule has 0 aliphatic rings. The summed E-state index contributed by atoms with van der Waals surface area (Å²) in [7, 11) is 3.96. The highest BCUT2D eigenvalue weighted by atomic mass is 19.1. The summed E-state index contributed by atoms with van der Waals surface area (Å²) in [6.07, 6.45) is 0. The third-order valence-electron chi connectivity index (χ3n) is 2.41. The molecular formula is C13H19FN2O. The van der Waals surface area contributed by atoms with E-state index >= 15 is 0 Å². The van der Waals surface area contributed by atoms with E-state index < -0.39 is 5.82 Å². The standard InChI is InChI=1S/C13H19FN2O/c1-10(9-16(2)3)8-15-13(17)11-6-4-5-7-12(11)14/h4-7,10H,8-9H2,1-3H3,(H,15,17)/t10-/m0/s1. The molecule has 4 heteroatoms. The summed E-state index contributed by atoms with van der Waals surface area (Å²) in [5.74, 6) is -0.500. The first-order chi connectivity index (χ1) is 8.00. The van der Waals surface area contributed by atoms with E-state index in [1.807, 2.05) is 21.0 Å². The minimum absolute atomic E-state index is 0.101. The lowest BCUT2D eigenvalue weighted by atomic mass is 10.1. The topological polar surface area (TPSA) is 32.3 Å². The van der Waals surface area contributed by atoms with E-state index in [1.165, 1.54) is 12.1 Å². The molecule has 3 nitrogen and oxygen atoms in total. The molecule has 0 aliphatic heterocycles. The summed E-state index contributed by atoms with van der Waals surface area (Å²) >= 11 is 0. The van der Waals surface area contributed by atoms with Crippen LogP contribution in [0.5, 0.6) is 0 Å². The van der Waals surface area contributed by atoms with Gasteiger partial charge in [-0.2, -0.15) is 0 Å². The van der Waals surface area contributed by atoms with E-state index in [1.54, 1.807) is 12.1 Å². The van der Waals surface area contributed by atoms with Crippen LogP contribution in [-0.4, -0.2) is 38.0 Å². The molecule has 1 aromatic carbocycles. The Morgan fingerprint density at radius 1 is 1.41 bits per heavy atom. The Balaban J connectivity index is 2.48. The van der Waals surface area contributed by atoms with Gasteiger partial charge in [0.15, 0.2) is 0 Å². The average molecular weight is 238 g/mol. The van der Waals surface area contributed by atoms with Crippen molar-refractivity contribution in [1.82, 2.24) is 10.2 Å². The maximum absolute atomic E-state index is 13.3. The van der Waals surface area contributed by atoms with E-state index in [0.29, 0.717) is 12.5 Å². The lowest BCUT2D eigenvalue weighted by molar-refractivity contribution is 0.0942. The van der Waals surface area contributed by atoms with Crippen LogP contribution in [0.1, 0.15) is 17.3 Å². The van der Waals surface area contributed by atoms with Crippen LogP contribution in [0.4, 0.5) is 4.39 Å². The van der Waals surface area contributed by atoms with Crippen molar-refractivity contribution in [2.45, 2.75) is 6.92 Å². The summed E-state index contributed by atoms with van der Waals surface area (Å²) in [6.45, 7) is 3.48. The van der Waals surface area contributed by atoms with Gasteiger partial charge in [-0.25, -0.2) is 4.39 Å². The number of nitrogens with one attached hydrogen (secondary N) is 1. The van der Waals surface area contributed by atoms with E-state index in [4.69, 9.17) is 0 Å². The van der Waals surface area contributed by atoms with Crippen LogP contribution in [0.15, 0.2) is 24.3 Å². The predicted octanol–water partition coefficient (Wildman–Crippen LogP) is 1.75. The van der Waals surface area contributed by atoms with Crippen LogP contribution in [0, 0.1) is 11.7 Å². The van der Waals surface area contributed by atoms with E-state index in [9.17, 15) is 9.18 Å². The number of benzene rings is 1. The van der Waals surface area contributed by atoms with Gasteiger partial charge in [-0.05, 0) is 32.1 Å². The van der Waals surface area contributed by atoms with Crippen molar-refractivity contribution in [3.05, 3.63) is 35.6 Å². The Morgan fingerprint density at radius 2 is 2.06 bits per heavy atom. The fourth-order valence-electron chi connectivity index (χ4n) is 1.70. The highest BCUT2D eigenvalue weighted by molar-refractivity contribution is 5.94. The normalized spacial score (nSPS) is 12.5. The molecular weight excluding hydrogens is 219 g/mol. The summed E-state index contributed by atoms with van der Waals surface area (Å²) in [4.78, 5) is 13.7. The van der Waals surface area contributed by atoms with Crippen molar-refractivity contribution < 1.29 is 9.18 Å². The van der Waals surface area contributed by atoms with Crippen molar-refractivity contribution >= 4 is 5.91 Å². The first kappa shape index (κ1) is 13.6. The minimum Gasteiger partial charge on any atom is -0.352 e. The van der Waals surface area contributed by atoms with Crippen LogP contribution >= 0.6 is 0 Å². The monoisotopic (exact) mass is 238 g/mol. The highest BCUT2D eigenvalue weighted by Crippen LogP contribution is 2.06. The number of nitrogens with zero attached hydrogens (tertiary/aromatic N) is 1. The Kier molecular flexibility index (Phi) is 5.10. The van der Waals surface area contributed by atoms with Crippen molar-refractivity contribution in [1.29, 1.82) is 0 Å². The number of carbonyl (C=O) groups excluding carboxylic acids is 1. The van der Waals surface area contributed by atoms with Gasteiger partial charge in [0, 0.05) is 13.1 Å². The highest BCUT2D eigenvalue weighted by Gasteiger charge is 2.11. The molecule has 0 heterocycles. The van der Waals surface area contributed by atoms with Gasteiger partial charge in [0.2, 0.25) is 0 Å². The molecule has 0 saturated carbocycles. The quantitative estimate of drug-likeness (QED) is 0.847. The van der Waals surface area contributed by atoms with Gasteiger partial charge in [0.1, 0.15) is 5.82 Å². The Morgan fingerprint density at radius 3 is 2.65 bits per heavy atom. The Hall–Kier alpha value is -1.42. The lowest BCUT2D eigenvalue weighted by Gasteiger charge is -2.17. The van der Waals surface area contributed by atoms with Gasteiger partial charge in [-0.15, -0.1) is 0 Å². The molecule has 0 bridgehead atoms. The van der Waals surface area contributed by atoms with Crippen LogP contribution in [0.3, 0.4) is 0 Å². The first-order valence-corrected chi connectivity index (χ1v) is 5.68. The first-order valence-electron chi connectivity index (χ1n) is 5.68. The molecule has 0 spiro atoms. The summed E-state index contributed by atoms with van der Waals surface area (Å²) in [5.41, 5.74) is 0.101. The number of hydrogen-bond acceptors (Lipinski definition) is 2. The van der Waals surface area contributed by atoms with Crippen LogP contribution in [-0.2, 0) is 0 Å². The lowest BCUT2D eigenvalue weighted by Crippen LogP contribution is -2.33. The third kappa shape index (κ3) is 4.53. The molecule has 1 amide bonds. The molecule has 0 unspecified atom stereocenters. The SMILES string of the molecule is C[C@@H](CNC(=O)c1ccccc1F)CN(C)C. The number of hydrogen-bond donors (Lipinski definition) is 1. The van der Waals surface area contributed by atoms with Crippen molar-refractivity contribution in [3.8, 4) is 0 Å². The van der Waals surface area contributed by atoms with Gasteiger partial charge < -0.3 is 10.2 Å². The smallest absolute Gasteiger partial charge is 0.254 e. The zero-order chi connectivity index (χ0) is 12.8. The number of halogens is 1. The second-order valence-electron chi connectivity index (χ2n) is 4.56. The molecule has 0 aromatic heterocycles. The molecule has 1 atom stereocenters. The van der Waals surface area contributed by atoms with Gasteiger partial charge in [-0.1, -0.05) is 19.1 Å². The molecule has 0 radical (unpaired) electrons. The van der Waals surface area contributed by atoms with Crippen LogP contribution in [0.25, 0.3) is 0 Å². The predicted molar refractivity (Wildman–Crippen MR) is 66.5 cm³/mol. The second-order valence-corrected chi connectivity index (χ2v) is 4.56. The Bertz CT molecular complexity index is 379. The number of rotatable bonds is 5. The van der Waals surface area contributed by atoms with E-state index in [0.717, 1.165) is 6.54 Å². The molecule has 0 fully saturated rings. The van der Waals surface area contributed by atoms with Crippen molar-refractivity contribution in [2.75, 3.05) is 27.2 Å². The van der Waals surface area contributed by atoms with Crippen LogP contribution in [0.2, 0.25) is 0 Å². The van der Waals surface area contributed by atoms with E-state index in [-0.39, 0.29) is 11.5 Å². The van der Waals surface area contributed by atoms with Crippen LogP contribution < -0.4 is 5.32 Å². The summed E-state index contributed by atoms with van der Waals surface area (Å²) < 4.78 is 13.3. The largest absolute Gasteiger partial charge is 0.352 e. The summed E-state index contributed by atoms with van der Waals surface area (Å²) in [6, 6.07) is 6.00. The van der Waals surface area contributed by atoms with Gasteiger partial charge in [0.25, 0.3) is 5.91 Å². The fourth-order valence-corrected chi connectivity index (χ4v) is 1.70. The fraction of sp³-hybridized carbons (Fsp3) is 0.462. The molecule has 94 valence electrons. The van der Waals surface area contributed by atoms with Gasteiger partial charge in [-0.3, -0.25) is 4.79 Å². The molecule has 0 aliphatic carbocycles. The Labute approximate surface area is 102 Å². The molecule has 17 heavy (non-hydrogen) atoms. The van der Waals surface area contributed by atoms with Crippen molar-refractivity contribution in [2.24, 2.45) is 5.92 Å². The minimum atomic E-state index is -0.481. The number of amides is 1. The molecule has 0 saturated heterocycles. The molecule has 1 aromatic rings. The average Bonchev–Trinajstić information content (AvgIpc) is 2.25. The number of carbonyl (C=O) groups is 1. The maximum atomic E-state index is 13.3. The second kappa shape index (κ2) is 6.35. The van der Waals surface area contributed by atoms with Crippen molar-refractivity contribution in [3.63, 3.8) is 0 Å². The third-order valence-corrected chi connectivity index (χ3v) is 2.41. The summed E-state index contributed by atoms with van der Waals surface area (Å²) in [5, 5.41) is 2.74. The van der Waals surface area contributed by atoms with Gasteiger partial charge >= 0.3 is 0 Å². The van der Waals surface area contributed by atoms with Gasteiger partial charge in [0.05, 0.1) is 5.56 Å². The zero-order valence-electron chi connectivity index (χ0n) is 10.5. The molecule has 1 rings (SSSR count). The molecule has 1 N–H and O–H groups in total. The van der Waals surface area contributed by atoms with E-state index in [2.05, 4.69) is 10.2 Å². The maximum Gasteiger partial charge on any atom is 0.254 e.